The minimum Gasteiger partial charge on any atom is -0.462 e. The monoisotopic (exact) mass is 391 g/mol. The molecular weight excluding hydrogens is 374 g/mol. The molecule has 0 aliphatic carbocycles. The summed E-state index contributed by atoms with van der Waals surface area (Å²) >= 11 is 0. The summed E-state index contributed by atoms with van der Waals surface area (Å²) in [6.45, 7) is 1.42. The van der Waals surface area contributed by atoms with Gasteiger partial charge in [0.25, 0.3) is 0 Å². The number of Topliss-reactive ketones (excluding diaryl/α,β-unsaturated/α-hetero) is 1. The molecule has 2 unspecified atom stereocenters. The van der Waals surface area contributed by atoms with E-state index in [4.69, 9.17) is 9.47 Å². The van der Waals surface area contributed by atoms with Crippen LogP contribution < -0.4 is 5.32 Å². The van der Waals surface area contributed by atoms with E-state index in [0.717, 1.165) is 6.20 Å². The van der Waals surface area contributed by atoms with E-state index in [1.807, 2.05) is 0 Å². The lowest BCUT2D eigenvalue weighted by Gasteiger charge is -2.17. The normalized spacial score (nSPS) is 19.9. The first-order chi connectivity index (χ1) is 12.8. The topological polar surface area (TPSA) is 84.9 Å². The van der Waals surface area contributed by atoms with Crippen LogP contribution in [0.4, 0.5) is 17.6 Å². The molecule has 1 fully saturated rings. The molecule has 148 valence electrons. The van der Waals surface area contributed by atoms with Gasteiger partial charge in [0, 0.05) is 18.7 Å². The lowest BCUT2D eigenvalue weighted by atomic mass is 10.0. The number of benzene rings is 1. The van der Waals surface area contributed by atoms with Crippen molar-refractivity contribution < 1.29 is 41.7 Å². The van der Waals surface area contributed by atoms with Gasteiger partial charge in [-0.3, -0.25) is 4.79 Å². The minimum absolute atomic E-state index is 0.128. The Balaban J connectivity index is 2.38. The zero-order chi connectivity index (χ0) is 20.1. The Morgan fingerprint density at radius 3 is 2.63 bits per heavy atom. The van der Waals surface area contributed by atoms with Gasteiger partial charge in [-0.25, -0.2) is 22.4 Å². The number of aliphatic hydroxyl groups is 1. The summed E-state index contributed by atoms with van der Waals surface area (Å²) in [5.41, 5.74) is -1.94. The standard InChI is InChI=1S/C17H17F4NO5/c1-2-26-17(25)10(6-22-16-8(7-23)3-4-27-16)15(24)9-5-11(18)13(20)14(21)12(9)19/h5-6,8,16,22-23H,2-4,7H2,1H3. The summed E-state index contributed by atoms with van der Waals surface area (Å²) in [5, 5.41) is 11.8. The fraction of sp³-hybridized carbons (Fsp3) is 0.412. The van der Waals surface area contributed by atoms with Gasteiger partial charge in [0.2, 0.25) is 5.78 Å². The maximum absolute atomic E-state index is 13.9. The molecule has 6 nitrogen and oxygen atoms in total. The van der Waals surface area contributed by atoms with Gasteiger partial charge in [-0.15, -0.1) is 0 Å². The number of ketones is 1. The van der Waals surface area contributed by atoms with Crippen molar-refractivity contribution in [3.05, 3.63) is 46.7 Å². The lowest BCUT2D eigenvalue weighted by Crippen LogP contribution is -2.33. The summed E-state index contributed by atoms with van der Waals surface area (Å²) in [6.07, 6.45) is 0.643. The largest absolute Gasteiger partial charge is 0.462 e. The summed E-state index contributed by atoms with van der Waals surface area (Å²) < 4.78 is 63.8. The fourth-order valence-corrected chi connectivity index (χ4v) is 2.48. The molecule has 1 aliphatic rings. The van der Waals surface area contributed by atoms with Gasteiger partial charge in [0.15, 0.2) is 23.3 Å². The second-order valence-electron chi connectivity index (χ2n) is 5.64. The van der Waals surface area contributed by atoms with Gasteiger partial charge in [0.1, 0.15) is 11.8 Å². The molecule has 0 saturated carbocycles. The molecule has 2 rings (SSSR count). The summed E-state index contributed by atoms with van der Waals surface area (Å²) in [4.78, 5) is 24.5. The molecule has 0 spiro atoms. The minimum atomic E-state index is -2.17. The second kappa shape index (κ2) is 8.96. The number of halogens is 4. The van der Waals surface area contributed by atoms with E-state index < -0.39 is 52.4 Å². The van der Waals surface area contributed by atoms with Gasteiger partial charge in [-0.1, -0.05) is 0 Å². The van der Waals surface area contributed by atoms with Crippen LogP contribution in [0.1, 0.15) is 23.7 Å². The zero-order valence-corrected chi connectivity index (χ0v) is 14.2. The van der Waals surface area contributed by atoms with E-state index in [1.54, 1.807) is 0 Å². The van der Waals surface area contributed by atoms with Crippen molar-refractivity contribution in [3.8, 4) is 0 Å². The van der Waals surface area contributed by atoms with E-state index in [-0.39, 0.29) is 25.2 Å². The molecule has 1 heterocycles. The van der Waals surface area contributed by atoms with Crippen molar-refractivity contribution in [2.45, 2.75) is 19.6 Å². The van der Waals surface area contributed by atoms with Gasteiger partial charge >= 0.3 is 5.97 Å². The number of esters is 1. The third-order valence-electron chi connectivity index (χ3n) is 3.93. The maximum atomic E-state index is 13.9. The molecule has 1 aliphatic heterocycles. The predicted octanol–water partition coefficient (Wildman–Crippen LogP) is 1.82. The average molecular weight is 391 g/mol. The third kappa shape index (κ3) is 4.45. The van der Waals surface area contributed by atoms with Crippen molar-refractivity contribution in [1.29, 1.82) is 0 Å². The van der Waals surface area contributed by atoms with Crippen LogP contribution in [0.15, 0.2) is 17.8 Å². The molecule has 1 saturated heterocycles. The molecule has 27 heavy (non-hydrogen) atoms. The van der Waals surface area contributed by atoms with E-state index >= 15 is 0 Å². The average Bonchev–Trinajstić information content (AvgIpc) is 3.10. The highest BCUT2D eigenvalue weighted by molar-refractivity contribution is 6.24. The van der Waals surface area contributed by atoms with Crippen LogP contribution in [0.25, 0.3) is 0 Å². The van der Waals surface area contributed by atoms with E-state index in [9.17, 15) is 32.3 Å². The van der Waals surface area contributed by atoms with Crippen molar-refractivity contribution in [2.75, 3.05) is 19.8 Å². The van der Waals surface area contributed by atoms with Gasteiger partial charge in [0.05, 0.1) is 18.8 Å². The van der Waals surface area contributed by atoms with Crippen molar-refractivity contribution in [2.24, 2.45) is 5.92 Å². The molecule has 2 N–H and O–H groups in total. The summed E-state index contributed by atoms with van der Waals surface area (Å²) in [7, 11) is 0. The maximum Gasteiger partial charge on any atom is 0.343 e. The van der Waals surface area contributed by atoms with Crippen LogP contribution in [-0.4, -0.2) is 42.9 Å². The Labute approximate surface area is 151 Å². The van der Waals surface area contributed by atoms with Crippen molar-refractivity contribution >= 4 is 11.8 Å². The highest BCUT2D eigenvalue weighted by atomic mass is 19.2. The molecule has 0 radical (unpaired) electrons. The molecule has 10 heteroatoms. The number of ether oxygens (including phenoxy) is 2. The molecule has 2 atom stereocenters. The Morgan fingerprint density at radius 1 is 1.30 bits per heavy atom. The molecule has 1 aromatic rings. The first-order valence-corrected chi connectivity index (χ1v) is 8.05. The van der Waals surface area contributed by atoms with Crippen LogP contribution in [0.2, 0.25) is 0 Å². The highest BCUT2D eigenvalue weighted by Crippen LogP contribution is 2.22. The van der Waals surface area contributed by atoms with Crippen LogP contribution in [-0.2, 0) is 14.3 Å². The molecule has 0 bridgehead atoms. The first kappa shape index (κ1) is 20.8. The SMILES string of the molecule is CCOC(=O)C(=CNC1OCCC1CO)C(=O)c1cc(F)c(F)c(F)c1F. The second-order valence-corrected chi connectivity index (χ2v) is 5.64. The Kier molecular flexibility index (Phi) is 6.92. The van der Waals surface area contributed by atoms with Crippen molar-refractivity contribution in [1.82, 2.24) is 5.32 Å². The van der Waals surface area contributed by atoms with Crippen molar-refractivity contribution in [3.63, 3.8) is 0 Å². The van der Waals surface area contributed by atoms with Crippen LogP contribution in [0.3, 0.4) is 0 Å². The van der Waals surface area contributed by atoms with Gasteiger partial charge < -0.3 is 19.9 Å². The number of carbonyl (C=O) groups excluding carboxylic acids is 2. The van der Waals surface area contributed by atoms with Gasteiger partial charge in [-0.2, -0.15) is 0 Å². The summed E-state index contributed by atoms with van der Waals surface area (Å²) in [6, 6.07) is 0.158. The quantitative estimate of drug-likeness (QED) is 0.108. The summed E-state index contributed by atoms with van der Waals surface area (Å²) in [5.74, 6) is -10.9. The molecule has 0 amide bonds. The van der Waals surface area contributed by atoms with Crippen LogP contribution in [0.5, 0.6) is 0 Å². The smallest absolute Gasteiger partial charge is 0.343 e. The number of carbonyl (C=O) groups is 2. The van der Waals surface area contributed by atoms with E-state index in [0.29, 0.717) is 13.0 Å². The zero-order valence-electron chi connectivity index (χ0n) is 14.2. The third-order valence-corrected chi connectivity index (χ3v) is 3.93. The Hall–Kier alpha value is -2.46. The highest BCUT2D eigenvalue weighted by Gasteiger charge is 2.31. The number of nitrogens with one attached hydrogen (secondary N) is 1. The lowest BCUT2D eigenvalue weighted by molar-refractivity contribution is -0.138. The number of hydrogen-bond acceptors (Lipinski definition) is 6. The fourth-order valence-electron chi connectivity index (χ4n) is 2.48. The predicted molar refractivity (Wildman–Crippen MR) is 83.4 cm³/mol. The Morgan fingerprint density at radius 2 is 2.00 bits per heavy atom. The number of aliphatic hydroxyl groups excluding tert-OH is 1. The number of rotatable bonds is 7. The number of hydrogen-bond donors (Lipinski definition) is 2. The van der Waals surface area contributed by atoms with Gasteiger partial charge in [-0.05, 0) is 19.4 Å². The first-order valence-electron chi connectivity index (χ1n) is 8.05. The van der Waals surface area contributed by atoms with E-state index in [2.05, 4.69) is 5.32 Å². The molecule has 1 aromatic carbocycles. The van der Waals surface area contributed by atoms with Crippen LogP contribution in [0, 0.1) is 29.2 Å². The molecular formula is C17H17F4NO5. The molecule has 0 aromatic heterocycles. The van der Waals surface area contributed by atoms with Crippen LogP contribution >= 0.6 is 0 Å². The Bertz CT molecular complexity index is 768. The van der Waals surface area contributed by atoms with E-state index in [1.165, 1.54) is 6.92 Å².